The number of rotatable bonds is 3. The van der Waals surface area contributed by atoms with Gasteiger partial charge in [0.2, 0.25) is 0 Å². The van der Waals surface area contributed by atoms with E-state index in [1.807, 2.05) is 10.8 Å². The van der Waals surface area contributed by atoms with Crippen molar-refractivity contribution < 1.29 is 0 Å². The predicted molar refractivity (Wildman–Crippen MR) is 88.9 cm³/mol. The van der Waals surface area contributed by atoms with Gasteiger partial charge in [-0.15, -0.1) is 0 Å². The van der Waals surface area contributed by atoms with Crippen LogP contribution in [0.25, 0.3) is 0 Å². The third-order valence-corrected chi connectivity index (χ3v) is 10.5. The van der Waals surface area contributed by atoms with E-state index in [4.69, 9.17) is 0 Å². The number of hydrogen-bond donors (Lipinski definition) is 0. The van der Waals surface area contributed by atoms with Crippen LogP contribution in [0.2, 0.25) is 0 Å². The third kappa shape index (κ3) is 3.64. The van der Waals surface area contributed by atoms with Crippen molar-refractivity contribution in [3.05, 3.63) is 22.4 Å². The second-order valence-electron chi connectivity index (χ2n) is 2.39. The second kappa shape index (κ2) is 7.04. The van der Waals surface area contributed by atoms with E-state index in [1.54, 1.807) is 10.8 Å². The van der Waals surface area contributed by atoms with Gasteiger partial charge >= 0.3 is 0 Å². The van der Waals surface area contributed by atoms with E-state index in [0.29, 0.717) is 0 Å². The molecule has 0 nitrogen and oxygen atoms in total. The summed E-state index contributed by atoms with van der Waals surface area (Å²) in [5.74, 6) is 1.08. The predicted octanol–water partition coefficient (Wildman–Crippen LogP) is 7.26. The zero-order valence-electron chi connectivity index (χ0n) is 7.41. The van der Waals surface area contributed by atoms with E-state index >= 15 is 0 Å². The second-order valence-corrected chi connectivity index (χ2v) is 8.95. The van der Waals surface area contributed by atoms with E-state index in [1.165, 1.54) is 4.90 Å². The van der Waals surface area contributed by atoms with E-state index in [9.17, 15) is 0 Å². The van der Waals surface area contributed by atoms with Gasteiger partial charge in [0.15, 0.2) is 0 Å². The summed E-state index contributed by atoms with van der Waals surface area (Å²) in [5.41, 5.74) is 0. The summed E-state index contributed by atoms with van der Waals surface area (Å²) in [6.07, 6.45) is 0. The van der Waals surface area contributed by atoms with Crippen molar-refractivity contribution in [1.29, 1.82) is 0 Å². The van der Waals surface area contributed by atoms with E-state index in [-0.39, 0.29) is 0 Å². The fourth-order valence-electron chi connectivity index (χ4n) is 0.776. The lowest BCUT2D eigenvalue weighted by atomic mass is 10.4. The van der Waals surface area contributed by atoms with Crippen LogP contribution in [0.15, 0.2) is 27.3 Å². The molecule has 0 saturated heterocycles. The summed E-state index contributed by atoms with van der Waals surface area (Å²) in [7, 11) is 3.57. The maximum absolute atomic E-state index is 3.58. The van der Waals surface area contributed by atoms with Crippen LogP contribution in [0.4, 0.5) is 0 Å². The van der Waals surface area contributed by atoms with E-state index in [2.05, 4.69) is 86.6 Å². The van der Waals surface area contributed by atoms with Crippen molar-refractivity contribution in [3.63, 3.8) is 0 Å². The molecule has 0 fully saturated rings. The molecule has 0 bridgehead atoms. The van der Waals surface area contributed by atoms with Crippen LogP contribution >= 0.6 is 101 Å². The molecule has 1 aromatic rings. The standard InChI is InChI=1S/C8H5Br5S2/c1-2-14-15-8-6(12)4(10)3(9)5(11)7(8)13/h2H2,1H3. The summed E-state index contributed by atoms with van der Waals surface area (Å²) in [6, 6.07) is 0. The Morgan fingerprint density at radius 1 is 0.800 bits per heavy atom. The maximum Gasteiger partial charge on any atom is 0.0490 e. The van der Waals surface area contributed by atoms with E-state index in [0.717, 1.165) is 28.1 Å². The molecule has 1 aromatic carbocycles. The summed E-state index contributed by atoms with van der Waals surface area (Å²) in [5, 5.41) is 0. The van der Waals surface area contributed by atoms with Crippen LogP contribution in [0.3, 0.4) is 0 Å². The normalized spacial score (nSPS) is 10.8. The minimum atomic E-state index is 1.01. The first-order valence-corrected chi connectivity index (χ1v) is 10.1. The van der Waals surface area contributed by atoms with Crippen molar-refractivity contribution in [2.45, 2.75) is 11.8 Å². The number of hydrogen-bond acceptors (Lipinski definition) is 2. The molecule has 1 rings (SSSR count). The lowest BCUT2D eigenvalue weighted by molar-refractivity contribution is 1.29. The van der Waals surface area contributed by atoms with Gasteiger partial charge in [0.1, 0.15) is 0 Å². The molecule has 0 saturated carbocycles. The fraction of sp³-hybridized carbons (Fsp3) is 0.250. The summed E-state index contributed by atoms with van der Waals surface area (Å²) in [4.78, 5) is 1.18. The smallest absolute Gasteiger partial charge is 0.0490 e. The highest BCUT2D eigenvalue weighted by Gasteiger charge is 2.17. The van der Waals surface area contributed by atoms with Crippen LogP contribution in [0, 0.1) is 0 Å². The van der Waals surface area contributed by atoms with Crippen LogP contribution in [-0.4, -0.2) is 5.75 Å². The minimum absolute atomic E-state index is 1.01. The Kier molecular flexibility index (Phi) is 7.22. The van der Waals surface area contributed by atoms with Crippen molar-refractivity contribution in [2.24, 2.45) is 0 Å². The SMILES string of the molecule is CCSSc1c(Br)c(Br)c(Br)c(Br)c1Br. The van der Waals surface area contributed by atoms with Gasteiger partial charge < -0.3 is 0 Å². The Bertz CT molecular complexity index is 351. The lowest BCUT2D eigenvalue weighted by Gasteiger charge is -2.12. The highest BCUT2D eigenvalue weighted by atomic mass is 79.9. The molecule has 0 radical (unpaired) electrons. The molecule has 0 amide bonds. The zero-order valence-corrected chi connectivity index (χ0v) is 17.0. The number of benzene rings is 1. The zero-order chi connectivity index (χ0) is 11.6. The third-order valence-electron chi connectivity index (χ3n) is 1.43. The molecule has 0 spiro atoms. The van der Waals surface area contributed by atoms with Gasteiger partial charge in [0, 0.05) is 33.0 Å². The van der Waals surface area contributed by atoms with Crippen molar-refractivity contribution in [2.75, 3.05) is 5.75 Å². The Labute approximate surface area is 139 Å². The Morgan fingerprint density at radius 3 is 1.60 bits per heavy atom. The highest BCUT2D eigenvalue weighted by Crippen LogP contribution is 2.50. The van der Waals surface area contributed by atoms with Crippen LogP contribution in [0.5, 0.6) is 0 Å². The largest absolute Gasteiger partial charge is 0.0892 e. The molecule has 0 unspecified atom stereocenters. The van der Waals surface area contributed by atoms with Crippen molar-refractivity contribution in [1.82, 2.24) is 0 Å². The quantitative estimate of drug-likeness (QED) is 0.215. The van der Waals surface area contributed by atoms with Gasteiger partial charge in [-0.2, -0.15) is 0 Å². The molecule has 84 valence electrons. The first-order chi connectivity index (χ1) is 7.00. The van der Waals surface area contributed by atoms with Crippen molar-refractivity contribution >= 4 is 101 Å². The van der Waals surface area contributed by atoms with Crippen LogP contribution < -0.4 is 0 Å². The van der Waals surface area contributed by atoms with Crippen LogP contribution in [-0.2, 0) is 0 Å². The molecule has 15 heavy (non-hydrogen) atoms. The van der Waals surface area contributed by atoms with Crippen LogP contribution in [0.1, 0.15) is 6.92 Å². The topological polar surface area (TPSA) is 0 Å². The molecular formula is C8H5Br5S2. The Balaban J connectivity index is 3.26. The first kappa shape index (κ1) is 15.4. The monoisotopic (exact) mass is 560 g/mol. The van der Waals surface area contributed by atoms with Crippen molar-refractivity contribution in [3.8, 4) is 0 Å². The summed E-state index contributed by atoms with van der Waals surface area (Å²) in [6.45, 7) is 2.14. The summed E-state index contributed by atoms with van der Waals surface area (Å²) < 4.78 is 5.19. The summed E-state index contributed by atoms with van der Waals surface area (Å²) >= 11 is 17.8. The molecule has 0 aliphatic rings. The minimum Gasteiger partial charge on any atom is -0.0892 e. The van der Waals surface area contributed by atoms with E-state index < -0.39 is 0 Å². The van der Waals surface area contributed by atoms with Gasteiger partial charge in [-0.3, -0.25) is 0 Å². The molecule has 7 heteroatoms. The highest BCUT2D eigenvalue weighted by molar-refractivity contribution is 9.15. The molecule has 0 atom stereocenters. The molecule has 0 N–H and O–H groups in total. The molecule has 0 heterocycles. The fourth-order valence-corrected chi connectivity index (χ4v) is 7.01. The van der Waals surface area contributed by atoms with Gasteiger partial charge in [-0.05, 0) is 79.6 Å². The Morgan fingerprint density at radius 2 is 1.20 bits per heavy atom. The van der Waals surface area contributed by atoms with Gasteiger partial charge in [0.05, 0.1) is 0 Å². The molecule has 0 aliphatic heterocycles. The maximum atomic E-state index is 3.58. The van der Waals surface area contributed by atoms with Gasteiger partial charge in [0.25, 0.3) is 0 Å². The average molecular weight is 565 g/mol. The first-order valence-electron chi connectivity index (χ1n) is 3.81. The molecular weight excluding hydrogens is 560 g/mol. The average Bonchev–Trinajstić information content (AvgIpc) is 2.24. The molecule has 0 aromatic heterocycles. The molecule has 0 aliphatic carbocycles. The number of halogens is 5. The Hall–Kier alpha value is 2.32. The lowest BCUT2D eigenvalue weighted by Crippen LogP contribution is -1.84. The van der Waals surface area contributed by atoms with Gasteiger partial charge in [-0.1, -0.05) is 28.5 Å². The van der Waals surface area contributed by atoms with Gasteiger partial charge in [-0.25, -0.2) is 0 Å².